The number of nitrogens with zero attached hydrogens (tertiary/aromatic N) is 3. The number of fused-ring (bicyclic) bond motifs is 1. The van der Waals surface area contributed by atoms with Gasteiger partial charge in [0.15, 0.2) is 0 Å². The molecule has 0 aliphatic carbocycles. The second-order valence-electron chi connectivity index (χ2n) is 15.1. The van der Waals surface area contributed by atoms with Gasteiger partial charge in [0.2, 0.25) is 11.8 Å². The Morgan fingerprint density at radius 1 is 1.07 bits per heavy atom. The van der Waals surface area contributed by atoms with E-state index in [1.807, 2.05) is 56.3 Å². The molecular weight excluding hydrogens is 780 g/mol. The molecule has 3 fully saturated rings. The number of esters is 1. The number of amides is 3. The van der Waals surface area contributed by atoms with Gasteiger partial charge in [0.1, 0.15) is 17.7 Å². The van der Waals surface area contributed by atoms with E-state index in [9.17, 15) is 19.5 Å². The van der Waals surface area contributed by atoms with E-state index in [0.29, 0.717) is 17.7 Å². The number of methoxy groups -OCH3 is 1. The van der Waals surface area contributed by atoms with E-state index in [-0.39, 0.29) is 37.8 Å². The summed E-state index contributed by atoms with van der Waals surface area (Å²) in [4.78, 5) is 62.8. The molecule has 9 atom stereocenters. The minimum atomic E-state index is -1.41. The van der Waals surface area contributed by atoms with Gasteiger partial charge in [0.05, 0.1) is 43.2 Å². The lowest BCUT2D eigenvalue weighted by atomic mass is 9.70. The number of carbonyl (C=O) groups excluding carboxylic acids is 4. The van der Waals surface area contributed by atoms with Gasteiger partial charge < -0.3 is 39.3 Å². The second-order valence-corrected chi connectivity index (χ2v) is 16.2. The number of carbonyl (C=O) groups is 4. The molecule has 56 heavy (non-hydrogen) atoms. The zero-order valence-electron chi connectivity index (χ0n) is 33.1. The summed E-state index contributed by atoms with van der Waals surface area (Å²) in [7, 11) is 1.50. The standard InChI is InChI=1S/C43H57BrN4O8/c1-8-12-18-34(50)45-32(26-54-7)37(28-16-14-13-15-17-28)55-42(53)35-36-40(51)48(33(25-49)27(5)6)39(43(36)24-31(44)38(35)56-43)41(52)47(23-9-2)30-21-19-29(20-22-30)46(10-3)11-4/h8-9,13-17,19-22,27,31-33,35-39,49H,1-2,10-12,18,23-26H2,3-7H3,(H,45,50)/t31?,32-,33-,35-,36+,37-,38-,39-,43+/m0/s1. The van der Waals surface area contributed by atoms with Gasteiger partial charge in [-0.3, -0.25) is 19.2 Å². The van der Waals surface area contributed by atoms with Crippen molar-refractivity contribution >= 4 is 51.0 Å². The number of allylic oxidation sites excluding steroid dienone is 1. The molecule has 3 amide bonds. The fourth-order valence-corrected chi connectivity index (χ4v) is 9.69. The fourth-order valence-electron chi connectivity index (χ4n) is 8.75. The number of halogens is 1. The van der Waals surface area contributed by atoms with Crippen molar-refractivity contribution in [3.63, 3.8) is 0 Å². The van der Waals surface area contributed by atoms with Crippen LogP contribution in [0.15, 0.2) is 79.9 Å². The number of aliphatic hydroxyl groups excluding tert-OH is 1. The maximum Gasteiger partial charge on any atom is 0.313 e. The zero-order valence-corrected chi connectivity index (χ0v) is 34.7. The lowest BCUT2D eigenvalue weighted by Gasteiger charge is -2.40. The molecule has 3 aliphatic heterocycles. The first-order valence-electron chi connectivity index (χ1n) is 19.6. The Kier molecular flexibility index (Phi) is 14.6. The molecule has 2 bridgehead atoms. The first kappa shape index (κ1) is 43.1. The van der Waals surface area contributed by atoms with Gasteiger partial charge in [-0.2, -0.15) is 0 Å². The number of likely N-dealkylation sites (tertiary alicyclic amines) is 1. The third-order valence-corrected chi connectivity index (χ3v) is 12.3. The number of aliphatic hydroxyl groups is 1. The maximum atomic E-state index is 15.2. The van der Waals surface area contributed by atoms with E-state index in [2.05, 4.69) is 53.2 Å². The van der Waals surface area contributed by atoms with Crippen molar-refractivity contribution in [1.29, 1.82) is 0 Å². The molecule has 3 saturated heterocycles. The molecule has 5 rings (SSSR count). The summed E-state index contributed by atoms with van der Waals surface area (Å²) in [6.45, 7) is 17.0. The molecule has 2 aromatic carbocycles. The Labute approximate surface area is 339 Å². The van der Waals surface area contributed by atoms with Crippen LogP contribution in [0.25, 0.3) is 0 Å². The summed E-state index contributed by atoms with van der Waals surface area (Å²) in [5.74, 6) is -4.20. The van der Waals surface area contributed by atoms with Crippen LogP contribution in [-0.4, -0.2) is 108 Å². The van der Waals surface area contributed by atoms with Gasteiger partial charge in [-0.1, -0.05) is 72.3 Å². The first-order valence-corrected chi connectivity index (χ1v) is 20.5. The minimum absolute atomic E-state index is 0.0383. The lowest BCUT2D eigenvalue weighted by Crippen LogP contribution is -2.60. The number of alkyl halides is 1. The number of benzene rings is 2. The largest absolute Gasteiger partial charge is 0.455 e. The van der Waals surface area contributed by atoms with E-state index in [4.69, 9.17) is 14.2 Å². The van der Waals surface area contributed by atoms with Crippen LogP contribution in [0.1, 0.15) is 58.6 Å². The number of ether oxygens (including phenoxy) is 3. The van der Waals surface area contributed by atoms with E-state index >= 15 is 4.79 Å². The molecule has 0 radical (unpaired) electrons. The van der Waals surface area contributed by atoms with Crippen molar-refractivity contribution in [2.45, 2.75) is 87.7 Å². The van der Waals surface area contributed by atoms with Gasteiger partial charge in [0.25, 0.3) is 5.91 Å². The quantitative estimate of drug-likeness (QED) is 0.105. The third-order valence-electron chi connectivity index (χ3n) is 11.4. The second kappa shape index (κ2) is 18.9. The number of anilines is 2. The monoisotopic (exact) mass is 836 g/mol. The van der Waals surface area contributed by atoms with Crippen LogP contribution >= 0.6 is 15.9 Å². The van der Waals surface area contributed by atoms with Crippen LogP contribution in [0.3, 0.4) is 0 Å². The summed E-state index contributed by atoms with van der Waals surface area (Å²) >= 11 is 3.76. The Morgan fingerprint density at radius 2 is 1.73 bits per heavy atom. The van der Waals surface area contributed by atoms with Crippen molar-refractivity contribution in [3.05, 3.63) is 85.5 Å². The predicted molar refractivity (Wildman–Crippen MR) is 219 cm³/mol. The SMILES string of the molecule is C=CCCC(=O)N[C@@H](COC)[C@@H](OC(=O)[C@@H]1[C@H]2O[C@@]3(CC2Br)[C@H](C(=O)N(CC=C)c2ccc(N(CC)CC)cc2)N([C@@H](CO)C(C)C)C(=O)[C@@H]13)c1ccccc1. The number of nitrogens with one attached hydrogen (secondary N) is 1. The van der Waals surface area contributed by atoms with Gasteiger partial charge in [-0.25, -0.2) is 0 Å². The van der Waals surface area contributed by atoms with Crippen molar-refractivity contribution < 1.29 is 38.5 Å². The molecule has 2 aromatic rings. The fraction of sp³-hybridized carbons (Fsp3) is 0.535. The molecular formula is C43H57BrN4O8. The van der Waals surface area contributed by atoms with Gasteiger partial charge >= 0.3 is 5.97 Å². The molecule has 0 aromatic heterocycles. The molecule has 304 valence electrons. The maximum absolute atomic E-state index is 15.2. The third kappa shape index (κ3) is 8.32. The van der Waals surface area contributed by atoms with Crippen LogP contribution in [0.4, 0.5) is 11.4 Å². The van der Waals surface area contributed by atoms with Crippen LogP contribution in [0.5, 0.6) is 0 Å². The van der Waals surface area contributed by atoms with Crippen LogP contribution < -0.4 is 15.1 Å². The van der Waals surface area contributed by atoms with Crippen molar-refractivity contribution in [1.82, 2.24) is 10.2 Å². The Hall–Kier alpha value is -4.04. The summed E-state index contributed by atoms with van der Waals surface area (Å²) < 4.78 is 18.7. The minimum Gasteiger partial charge on any atom is -0.455 e. The molecule has 3 heterocycles. The molecule has 0 saturated carbocycles. The highest BCUT2D eigenvalue weighted by molar-refractivity contribution is 9.09. The van der Waals surface area contributed by atoms with Gasteiger partial charge in [-0.15, -0.1) is 13.2 Å². The number of rotatable bonds is 20. The normalized spacial score (nSPS) is 25.3. The Bertz CT molecular complexity index is 1700. The molecule has 2 N–H and O–H groups in total. The smallest absolute Gasteiger partial charge is 0.313 e. The van der Waals surface area contributed by atoms with E-state index in [1.54, 1.807) is 29.2 Å². The van der Waals surface area contributed by atoms with Crippen molar-refractivity contribution in [2.24, 2.45) is 17.8 Å². The zero-order chi connectivity index (χ0) is 40.7. The van der Waals surface area contributed by atoms with E-state index in [0.717, 1.165) is 18.8 Å². The summed E-state index contributed by atoms with van der Waals surface area (Å²) in [6, 6.07) is 14.1. The molecule has 3 aliphatic rings. The van der Waals surface area contributed by atoms with Gasteiger partial charge in [0, 0.05) is 49.4 Å². The highest BCUT2D eigenvalue weighted by Gasteiger charge is 2.78. The predicted octanol–water partition coefficient (Wildman–Crippen LogP) is 5.20. The molecule has 13 heteroatoms. The lowest BCUT2D eigenvalue weighted by molar-refractivity contribution is -0.163. The molecule has 1 unspecified atom stereocenters. The Balaban J connectivity index is 1.56. The van der Waals surface area contributed by atoms with E-state index < -0.39 is 77.0 Å². The van der Waals surface area contributed by atoms with Crippen molar-refractivity contribution in [3.8, 4) is 0 Å². The molecule has 12 nitrogen and oxygen atoms in total. The van der Waals surface area contributed by atoms with Crippen LogP contribution in [0.2, 0.25) is 0 Å². The van der Waals surface area contributed by atoms with E-state index in [1.165, 1.54) is 12.0 Å². The van der Waals surface area contributed by atoms with Crippen LogP contribution in [0, 0.1) is 17.8 Å². The average Bonchev–Trinajstić information content (AvgIpc) is 3.79. The summed E-state index contributed by atoms with van der Waals surface area (Å²) in [5.41, 5.74) is 0.848. The Morgan fingerprint density at radius 3 is 2.30 bits per heavy atom. The molecule has 1 spiro atoms. The van der Waals surface area contributed by atoms with Crippen LogP contribution in [-0.2, 0) is 33.4 Å². The summed E-state index contributed by atoms with van der Waals surface area (Å²) in [5, 5.41) is 13.7. The summed E-state index contributed by atoms with van der Waals surface area (Å²) in [6.07, 6.45) is 2.45. The highest BCUT2D eigenvalue weighted by Crippen LogP contribution is 2.61. The number of hydrogen-bond donors (Lipinski definition) is 2. The first-order chi connectivity index (χ1) is 26.9. The average molecular weight is 838 g/mol. The van der Waals surface area contributed by atoms with Gasteiger partial charge in [-0.05, 0) is 62.4 Å². The topological polar surface area (TPSA) is 138 Å². The number of hydrogen-bond acceptors (Lipinski definition) is 9. The van der Waals surface area contributed by atoms with Crippen molar-refractivity contribution in [2.75, 3.05) is 49.8 Å². The highest BCUT2D eigenvalue weighted by atomic mass is 79.9.